The highest BCUT2D eigenvalue weighted by atomic mass is 19.2. The lowest BCUT2D eigenvalue weighted by Gasteiger charge is -2.08. The number of aryl methyl sites for hydroxylation is 1. The molecule has 1 amide bonds. The minimum atomic E-state index is -1.49. The summed E-state index contributed by atoms with van der Waals surface area (Å²) in [6, 6.07) is 2.54. The molecule has 8 heteroatoms. The number of carbonyl (C=O) groups excluding carboxylic acids is 1. The van der Waals surface area contributed by atoms with E-state index in [1.165, 1.54) is 6.07 Å². The Balaban J connectivity index is 2.35. The Bertz CT molecular complexity index is 697. The van der Waals surface area contributed by atoms with E-state index >= 15 is 0 Å². The molecule has 0 fully saturated rings. The molecular formula is C12H9F2N3O3. The van der Waals surface area contributed by atoms with Gasteiger partial charge in [-0.25, -0.2) is 13.6 Å². The predicted molar refractivity (Wildman–Crippen MR) is 64.6 cm³/mol. The summed E-state index contributed by atoms with van der Waals surface area (Å²) in [4.78, 5) is 22.7. The zero-order chi connectivity index (χ0) is 14.9. The molecule has 0 saturated carbocycles. The number of amides is 1. The highest BCUT2D eigenvalue weighted by molar-refractivity contribution is 6.06. The number of carboxylic acids is 1. The van der Waals surface area contributed by atoms with Gasteiger partial charge in [-0.1, -0.05) is 0 Å². The molecule has 0 aliphatic rings. The van der Waals surface area contributed by atoms with Crippen molar-refractivity contribution < 1.29 is 23.5 Å². The zero-order valence-corrected chi connectivity index (χ0v) is 10.2. The predicted octanol–water partition coefficient (Wildman–Crippen LogP) is 1.95. The van der Waals surface area contributed by atoms with Crippen molar-refractivity contribution in [3.8, 4) is 0 Å². The van der Waals surface area contributed by atoms with Crippen molar-refractivity contribution in [1.82, 2.24) is 10.2 Å². The van der Waals surface area contributed by atoms with Crippen molar-refractivity contribution >= 4 is 17.6 Å². The maximum Gasteiger partial charge on any atom is 0.337 e. The van der Waals surface area contributed by atoms with Crippen LogP contribution in [-0.2, 0) is 0 Å². The smallest absolute Gasteiger partial charge is 0.337 e. The van der Waals surface area contributed by atoms with Crippen molar-refractivity contribution in [3.05, 3.63) is 46.8 Å². The largest absolute Gasteiger partial charge is 0.478 e. The molecule has 20 heavy (non-hydrogen) atoms. The lowest BCUT2D eigenvalue weighted by Crippen LogP contribution is -2.16. The van der Waals surface area contributed by atoms with Gasteiger partial charge in [-0.15, -0.1) is 0 Å². The average Bonchev–Trinajstić information content (AvgIpc) is 2.80. The van der Waals surface area contributed by atoms with E-state index < -0.39 is 29.1 Å². The summed E-state index contributed by atoms with van der Waals surface area (Å²) in [5.41, 5.74) is -0.269. The molecule has 1 heterocycles. The lowest BCUT2D eigenvalue weighted by atomic mass is 10.1. The van der Waals surface area contributed by atoms with E-state index in [0.717, 1.165) is 0 Å². The van der Waals surface area contributed by atoms with Gasteiger partial charge in [0.15, 0.2) is 17.3 Å². The van der Waals surface area contributed by atoms with Crippen LogP contribution in [0.4, 0.5) is 14.5 Å². The standard InChI is InChI=1S/C12H9F2N3O3/c1-5-2-10(17-16-5)11(18)15-9-4-8(14)7(13)3-6(9)12(19)20/h2-4H,1H3,(H,15,18)(H,16,17)(H,19,20). The maximum atomic E-state index is 13.1. The first kappa shape index (κ1) is 13.7. The van der Waals surface area contributed by atoms with Crippen LogP contribution in [0.3, 0.4) is 0 Å². The number of aromatic nitrogens is 2. The maximum absolute atomic E-state index is 13.1. The summed E-state index contributed by atoms with van der Waals surface area (Å²) >= 11 is 0. The number of nitrogens with zero attached hydrogens (tertiary/aromatic N) is 1. The van der Waals surface area contributed by atoms with Crippen molar-refractivity contribution in [3.63, 3.8) is 0 Å². The molecule has 0 unspecified atom stereocenters. The van der Waals surface area contributed by atoms with Crippen LogP contribution >= 0.6 is 0 Å². The quantitative estimate of drug-likeness (QED) is 0.801. The number of halogens is 2. The number of aromatic carboxylic acids is 1. The summed E-state index contributed by atoms with van der Waals surface area (Å²) in [5.74, 6) is -4.79. The molecule has 0 aliphatic heterocycles. The Morgan fingerprint density at radius 2 is 1.90 bits per heavy atom. The van der Waals surface area contributed by atoms with Crippen LogP contribution in [-0.4, -0.2) is 27.2 Å². The van der Waals surface area contributed by atoms with Crippen LogP contribution in [0, 0.1) is 18.6 Å². The zero-order valence-electron chi connectivity index (χ0n) is 10.2. The van der Waals surface area contributed by atoms with Crippen LogP contribution in [0.1, 0.15) is 26.5 Å². The molecule has 0 atom stereocenters. The number of aromatic amines is 1. The number of H-pyrrole nitrogens is 1. The molecule has 104 valence electrons. The van der Waals surface area contributed by atoms with E-state index in [-0.39, 0.29) is 11.4 Å². The van der Waals surface area contributed by atoms with Crippen molar-refractivity contribution in [1.29, 1.82) is 0 Å². The summed E-state index contributed by atoms with van der Waals surface area (Å²) in [6.45, 7) is 1.67. The second kappa shape index (κ2) is 5.08. The van der Waals surface area contributed by atoms with E-state index in [4.69, 9.17) is 5.11 Å². The number of anilines is 1. The monoisotopic (exact) mass is 281 g/mol. The number of carbonyl (C=O) groups is 2. The van der Waals surface area contributed by atoms with E-state index in [1.54, 1.807) is 6.92 Å². The second-order valence-electron chi connectivity index (χ2n) is 4.01. The van der Waals surface area contributed by atoms with Crippen molar-refractivity contribution in [2.24, 2.45) is 0 Å². The van der Waals surface area contributed by atoms with Gasteiger partial charge in [0.1, 0.15) is 0 Å². The van der Waals surface area contributed by atoms with Crippen molar-refractivity contribution in [2.75, 3.05) is 5.32 Å². The molecule has 3 N–H and O–H groups in total. The Morgan fingerprint density at radius 1 is 1.25 bits per heavy atom. The van der Waals surface area contributed by atoms with Gasteiger partial charge in [0, 0.05) is 11.8 Å². The lowest BCUT2D eigenvalue weighted by molar-refractivity contribution is 0.0697. The van der Waals surface area contributed by atoms with Gasteiger partial charge in [0.2, 0.25) is 0 Å². The van der Waals surface area contributed by atoms with Crippen molar-refractivity contribution in [2.45, 2.75) is 6.92 Å². The number of nitrogens with one attached hydrogen (secondary N) is 2. The summed E-state index contributed by atoms with van der Waals surface area (Å²) in [6.07, 6.45) is 0. The molecule has 1 aromatic heterocycles. The minimum Gasteiger partial charge on any atom is -0.478 e. The molecule has 2 aromatic rings. The topological polar surface area (TPSA) is 95.1 Å². The number of rotatable bonds is 3. The third-order valence-corrected chi connectivity index (χ3v) is 2.48. The molecule has 0 spiro atoms. The van der Waals surface area contributed by atoms with Gasteiger partial charge in [-0.3, -0.25) is 9.89 Å². The minimum absolute atomic E-state index is 0.00331. The van der Waals surface area contributed by atoms with E-state index in [9.17, 15) is 18.4 Å². The first-order valence-corrected chi connectivity index (χ1v) is 5.44. The van der Waals surface area contributed by atoms with Gasteiger partial charge in [0.05, 0.1) is 11.3 Å². The van der Waals surface area contributed by atoms with E-state index in [1.807, 2.05) is 0 Å². The molecule has 6 nitrogen and oxygen atoms in total. The SMILES string of the molecule is Cc1cc(C(=O)Nc2cc(F)c(F)cc2C(=O)O)n[nH]1. The fourth-order valence-corrected chi connectivity index (χ4v) is 1.55. The molecule has 1 aromatic carbocycles. The molecule has 2 rings (SSSR count). The van der Waals surface area contributed by atoms with E-state index in [2.05, 4.69) is 15.5 Å². The van der Waals surface area contributed by atoms with Gasteiger partial charge in [-0.05, 0) is 19.1 Å². The molecule has 0 bridgehead atoms. The third kappa shape index (κ3) is 2.63. The van der Waals surface area contributed by atoms with Crippen LogP contribution in [0.2, 0.25) is 0 Å². The highest BCUT2D eigenvalue weighted by Crippen LogP contribution is 2.20. The molecule has 0 aliphatic carbocycles. The molecular weight excluding hydrogens is 272 g/mol. The number of hydrogen-bond acceptors (Lipinski definition) is 3. The fourth-order valence-electron chi connectivity index (χ4n) is 1.55. The Morgan fingerprint density at radius 3 is 2.45 bits per heavy atom. The number of carboxylic acid groups (broad SMARTS) is 1. The third-order valence-electron chi connectivity index (χ3n) is 2.48. The van der Waals surface area contributed by atoms with Gasteiger partial charge < -0.3 is 10.4 Å². The van der Waals surface area contributed by atoms with Crippen LogP contribution in [0.5, 0.6) is 0 Å². The Labute approximate surface area is 111 Å². The summed E-state index contributed by atoms with van der Waals surface area (Å²) in [5, 5.41) is 17.3. The second-order valence-corrected chi connectivity index (χ2v) is 4.01. The average molecular weight is 281 g/mol. The van der Waals surface area contributed by atoms with Gasteiger partial charge >= 0.3 is 5.97 Å². The Kier molecular flexibility index (Phi) is 3.47. The highest BCUT2D eigenvalue weighted by Gasteiger charge is 2.18. The summed E-state index contributed by atoms with van der Waals surface area (Å²) in [7, 11) is 0. The number of benzene rings is 1. The Hall–Kier alpha value is -2.77. The first-order chi connectivity index (χ1) is 9.38. The summed E-state index contributed by atoms with van der Waals surface area (Å²) < 4.78 is 26.2. The first-order valence-electron chi connectivity index (χ1n) is 5.44. The van der Waals surface area contributed by atoms with Gasteiger partial charge in [0.25, 0.3) is 5.91 Å². The van der Waals surface area contributed by atoms with Gasteiger partial charge in [-0.2, -0.15) is 5.10 Å². The number of hydrogen-bond donors (Lipinski definition) is 3. The van der Waals surface area contributed by atoms with Crippen LogP contribution in [0.15, 0.2) is 18.2 Å². The fraction of sp³-hybridized carbons (Fsp3) is 0.0833. The molecule has 0 radical (unpaired) electrons. The van der Waals surface area contributed by atoms with Crippen LogP contribution in [0.25, 0.3) is 0 Å². The normalized spacial score (nSPS) is 10.3. The van der Waals surface area contributed by atoms with Crippen LogP contribution < -0.4 is 5.32 Å². The molecule has 0 saturated heterocycles. The van der Waals surface area contributed by atoms with E-state index in [0.29, 0.717) is 17.8 Å².